The summed E-state index contributed by atoms with van der Waals surface area (Å²) in [7, 11) is 0. The van der Waals surface area contributed by atoms with Gasteiger partial charge in [-0.3, -0.25) is 4.79 Å². The molecular weight excluding hydrogens is 268 g/mol. The molecule has 0 spiro atoms. The number of hydrogen-bond acceptors (Lipinski definition) is 2. The number of benzene rings is 1. The molecule has 0 aliphatic carbocycles. The van der Waals surface area contributed by atoms with Gasteiger partial charge < -0.3 is 4.74 Å². The van der Waals surface area contributed by atoms with Crippen LogP contribution in [0, 0.1) is 0 Å². The highest BCUT2D eigenvalue weighted by molar-refractivity contribution is 9.10. The number of halogens is 1. The molecule has 86 valence electrons. The third kappa shape index (κ3) is 4.62. The van der Waals surface area contributed by atoms with E-state index in [0.717, 1.165) is 5.56 Å². The Kier molecular flexibility index (Phi) is 4.74. The number of esters is 1. The minimum atomic E-state index is -0.617. The van der Waals surface area contributed by atoms with E-state index >= 15 is 0 Å². The predicted molar refractivity (Wildman–Crippen MR) is 69.4 cm³/mol. The van der Waals surface area contributed by atoms with Crippen LogP contribution < -0.4 is 0 Å². The van der Waals surface area contributed by atoms with E-state index in [1.165, 1.54) is 0 Å². The first kappa shape index (κ1) is 13.0. The zero-order valence-electron chi connectivity index (χ0n) is 9.44. The lowest BCUT2D eigenvalue weighted by atomic mass is 10.2. The Labute approximate surface area is 104 Å². The fraction of sp³-hybridized carbons (Fsp3) is 0.308. The topological polar surface area (TPSA) is 26.3 Å². The van der Waals surface area contributed by atoms with E-state index in [-0.39, 0.29) is 5.97 Å². The molecule has 0 amide bonds. The van der Waals surface area contributed by atoms with Crippen LogP contribution in [-0.2, 0) is 9.53 Å². The third-order valence-corrected chi connectivity index (χ3v) is 2.23. The van der Waals surface area contributed by atoms with Crippen LogP contribution in [0.2, 0.25) is 0 Å². The molecule has 0 heterocycles. The zero-order chi connectivity index (χ0) is 12.0. The van der Waals surface area contributed by atoms with Crippen LogP contribution >= 0.6 is 15.9 Å². The van der Waals surface area contributed by atoms with Gasteiger partial charge in [0.05, 0.1) is 0 Å². The third-order valence-electron chi connectivity index (χ3n) is 1.91. The normalized spacial score (nSPS) is 11.7. The largest absolute Gasteiger partial charge is 0.460 e. The summed E-state index contributed by atoms with van der Waals surface area (Å²) >= 11 is 3.24. The fourth-order valence-corrected chi connectivity index (χ4v) is 1.16. The van der Waals surface area contributed by atoms with Gasteiger partial charge in [0.25, 0.3) is 0 Å². The van der Waals surface area contributed by atoms with Crippen molar-refractivity contribution < 1.29 is 9.53 Å². The van der Waals surface area contributed by atoms with E-state index in [0.29, 0.717) is 6.61 Å². The lowest BCUT2D eigenvalue weighted by Gasteiger charge is -2.13. The van der Waals surface area contributed by atoms with E-state index in [1.807, 2.05) is 42.5 Å². The van der Waals surface area contributed by atoms with Gasteiger partial charge in [0.1, 0.15) is 10.9 Å². The van der Waals surface area contributed by atoms with Crippen molar-refractivity contribution in [3.8, 4) is 0 Å². The second-order valence-electron chi connectivity index (χ2n) is 3.88. The molecule has 0 atom stereocenters. The van der Waals surface area contributed by atoms with Gasteiger partial charge in [-0.25, -0.2) is 0 Å². The zero-order valence-corrected chi connectivity index (χ0v) is 11.0. The maximum absolute atomic E-state index is 11.4. The van der Waals surface area contributed by atoms with Gasteiger partial charge in [0.15, 0.2) is 0 Å². The van der Waals surface area contributed by atoms with Crippen LogP contribution in [0.25, 0.3) is 6.08 Å². The lowest BCUT2D eigenvalue weighted by Crippen LogP contribution is -2.26. The monoisotopic (exact) mass is 282 g/mol. The molecular formula is C13H15BrO2. The van der Waals surface area contributed by atoms with Crippen LogP contribution in [-0.4, -0.2) is 16.9 Å². The minimum Gasteiger partial charge on any atom is -0.460 e. The van der Waals surface area contributed by atoms with Gasteiger partial charge in [-0.15, -0.1) is 0 Å². The average molecular weight is 283 g/mol. The highest BCUT2D eigenvalue weighted by Gasteiger charge is 2.24. The number of carbonyl (C=O) groups is 1. The molecule has 0 fully saturated rings. The average Bonchev–Trinajstić information content (AvgIpc) is 2.24. The smallest absolute Gasteiger partial charge is 0.322 e. The number of alkyl halides is 1. The number of hydrogen-bond donors (Lipinski definition) is 0. The highest BCUT2D eigenvalue weighted by Crippen LogP contribution is 2.17. The van der Waals surface area contributed by atoms with Crippen molar-refractivity contribution in [2.24, 2.45) is 0 Å². The Morgan fingerprint density at radius 2 is 2.00 bits per heavy atom. The quantitative estimate of drug-likeness (QED) is 0.625. The molecule has 0 saturated carbocycles. The summed E-state index contributed by atoms with van der Waals surface area (Å²) < 4.78 is 4.44. The molecule has 0 aromatic heterocycles. The molecule has 0 N–H and O–H groups in total. The standard InChI is InChI=1S/C13H15BrO2/c1-13(2,14)12(15)16-10-6-9-11-7-4-3-5-8-11/h3-9H,10H2,1-2H3/b9-6+. The molecule has 0 aliphatic rings. The van der Waals surface area contributed by atoms with Crippen molar-refractivity contribution in [1.82, 2.24) is 0 Å². The molecule has 0 saturated heterocycles. The van der Waals surface area contributed by atoms with Gasteiger partial charge in [0, 0.05) is 0 Å². The van der Waals surface area contributed by atoms with E-state index in [1.54, 1.807) is 13.8 Å². The van der Waals surface area contributed by atoms with E-state index in [2.05, 4.69) is 15.9 Å². The van der Waals surface area contributed by atoms with E-state index in [4.69, 9.17) is 4.74 Å². The van der Waals surface area contributed by atoms with Crippen molar-refractivity contribution in [3.63, 3.8) is 0 Å². The van der Waals surface area contributed by atoms with Gasteiger partial charge in [0.2, 0.25) is 0 Å². The highest BCUT2D eigenvalue weighted by atomic mass is 79.9. The van der Waals surface area contributed by atoms with Crippen LogP contribution in [0.1, 0.15) is 19.4 Å². The summed E-state index contributed by atoms with van der Waals surface area (Å²) in [5.41, 5.74) is 1.09. The summed E-state index contributed by atoms with van der Waals surface area (Å²) in [4.78, 5) is 11.4. The van der Waals surface area contributed by atoms with Crippen molar-refractivity contribution in [2.75, 3.05) is 6.61 Å². The summed E-state index contributed by atoms with van der Waals surface area (Å²) in [5, 5.41) is 0. The fourth-order valence-electron chi connectivity index (χ4n) is 1.04. The summed E-state index contributed by atoms with van der Waals surface area (Å²) in [6.45, 7) is 3.81. The maximum Gasteiger partial charge on any atom is 0.322 e. The first-order valence-electron chi connectivity index (χ1n) is 5.08. The molecule has 1 rings (SSSR count). The van der Waals surface area contributed by atoms with Crippen molar-refractivity contribution in [1.29, 1.82) is 0 Å². The first-order chi connectivity index (χ1) is 7.50. The Morgan fingerprint density at radius 1 is 1.38 bits per heavy atom. The SMILES string of the molecule is CC(C)(Br)C(=O)OC/C=C/c1ccccc1. The number of carbonyl (C=O) groups excluding carboxylic acids is 1. The van der Waals surface area contributed by atoms with Gasteiger partial charge in [-0.2, -0.15) is 0 Å². The van der Waals surface area contributed by atoms with Crippen molar-refractivity contribution in [2.45, 2.75) is 18.2 Å². The van der Waals surface area contributed by atoms with Gasteiger partial charge in [-0.05, 0) is 25.5 Å². The Hall–Kier alpha value is -1.09. The molecule has 1 aromatic rings. The van der Waals surface area contributed by atoms with E-state index < -0.39 is 4.32 Å². The lowest BCUT2D eigenvalue weighted by molar-refractivity contribution is -0.144. The van der Waals surface area contributed by atoms with Crippen molar-refractivity contribution >= 4 is 28.0 Å². The first-order valence-corrected chi connectivity index (χ1v) is 5.87. The second-order valence-corrected chi connectivity index (χ2v) is 5.87. The molecule has 16 heavy (non-hydrogen) atoms. The molecule has 0 aliphatic heterocycles. The maximum atomic E-state index is 11.4. The minimum absolute atomic E-state index is 0.259. The van der Waals surface area contributed by atoms with E-state index in [9.17, 15) is 4.79 Å². The van der Waals surface area contributed by atoms with Crippen LogP contribution in [0.3, 0.4) is 0 Å². The second kappa shape index (κ2) is 5.85. The van der Waals surface area contributed by atoms with Crippen LogP contribution in [0.5, 0.6) is 0 Å². The number of rotatable bonds is 4. The molecule has 2 nitrogen and oxygen atoms in total. The Morgan fingerprint density at radius 3 is 2.56 bits per heavy atom. The molecule has 0 bridgehead atoms. The molecule has 1 aromatic carbocycles. The predicted octanol–water partition coefficient (Wildman–Crippen LogP) is 3.42. The van der Waals surface area contributed by atoms with Crippen LogP contribution in [0.4, 0.5) is 0 Å². The Balaban J connectivity index is 2.37. The molecule has 3 heteroatoms. The van der Waals surface area contributed by atoms with Gasteiger partial charge >= 0.3 is 5.97 Å². The number of ether oxygens (including phenoxy) is 1. The summed E-state index contributed by atoms with van der Waals surface area (Å²) in [6, 6.07) is 9.88. The van der Waals surface area contributed by atoms with Crippen LogP contribution in [0.15, 0.2) is 36.4 Å². The molecule has 0 radical (unpaired) electrons. The summed E-state index contributed by atoms with van der Waals surface area (Å²) in [6.07, 6.45) is 3.75. The van der Waals surface area contributed by atoms with Gasteiger partial charge in [-0.1, -0.05) is 52.3 Å². The Bertz CT molecular complexity index is 363. The molecule has 0 unspecified atom stereocenters. The van der Waals surface area contributed by atoms with Crippen molar-refractivity contribution in [3.05, 3.63) is 42.0 Å². The summed E-state index contributed by atoms with van der Waals surface area (Å²) in [5.74, 6) is -0.259.